The van der Waals surface area contributed by atoms with Crippen molar-refractivity contribution in [2.45, 2.75) is 12.8 Å². The summed E-state index contributed by atoms with van der Waals surface area (Å²) in [6.07, 6.45) is 1.89. The summed E-state index contributed by atoms with van der Waals surface area (Å²) in [6.45, 7) is 0. The van der Waals surface area contributed by atoms with E-state index in [0.717, 1.165) is 6.07 Å². The molecular formula is C17H14FN5O3. The van der Waals surface area contributed by atoms with E-state index in [4.69, 9.17) is 10.3 Å². The molecule has 9 heteroatoms. The molecule has 3 aromatic rings. The van der Waals surface area contributed by atoms with Gasteiger partial charge in [-0.2, -0.15) is 4.98 Å². The van der Waals surface area contributed by atoms with Gasteiger partial charge in [0.2, 0.25) is 17.6 Å². The van der Waals surface area contributed by atoms with Gasteiger partial charge >= 0.3 is 0 Å². The van der Waals surface area contributed by atoms with Crippen LogP contribution in [0.1, 0.15) is 22.7 Å². The Morgan fingerprint density at radius 3 is 2.81 bits per heavy atom. The van der Waals surface area contributed by atoms with E-state index in [1.807, 2.05) is 0 Å². The van der Waals surface area contributed by atoms with E-state index in [9.17, 15) is 14.0 Å². The molecule has 3 rings (SSSR count). The number of hydrogen-bond donors (Lipinski definition) is 2. The normalized spacial score (nSPS) is 10.5. The monoisotopic (exact) mass is 355 g/mol. The van der Waals surface area contributed by atoms with Gasteiger partial charge in [0.15, 0.2) is 0 Å². The lowest BCUT2D eigenvalue weighted by atomic mass is 10.1. The third-order valence-electron chi connectivity index (χ3n) is 3.44. The Bertz CT molecular complexity index is 943. The first kappa shape index (κ1) is 17.2. The average Bonchev–Trinajstić information content (AvgIpc) is 3.11. The topological polar surface area (TPSA) is 124 Å². The van der Waals surface area contributed by atoms with Crippen LogP contribution >= 0.6 is 0 Å². The molecule has 0 aliphatic carbocycles. The van der Waals surface area contributed by atoms with Crippen LogP contribution in [0.4, 0.5) is 10.1 Å². The zero-order valence-corrected chi connectivity index (χ0v) is 13.5. The van der Waals surface area contributed by atoms with E-state index in [-0.39, 0.29) is 35.9 Å². The Morgan fingerprint density at radius 2 is 2.08 bits per heavy atom. The van der Waals surface area contributed by atoms with Crippen molar-refractivity contribution in [2.75, 3.05) is 5.32 Å². The highest BCUT2D eigenvalue weighted by molar-refractivity contribution is 5.96. The number of halogens is 1. The minimum Gasteiger partial charge on any atom is -0.366 e. The molecule has 1 aromatic carbocycles. The predicted octanol–water partition coefficient (Wildman–Crippen LogP) is 1.94. The van der Waals surface area contributed by atoms with Gasteiger partial charge in [-0.3, -0.25) is 14.6 Å². The summed E-state index contributed by atoms with van der Waals surface area (Å²) < 4.78 is 18.5. The lowest BCUT2D eigenvalue weighted by Gasteiger charge is -2.06. The van der Waals surface area contributed by atoms with Crippen molar-refractivity contribution in [3.63, 3.8) is 0 Å². The number of benzene rings is 1. The van der Waals surface area contributed by atoms with Crippen LogP contribution in [0, 0.1) is 5.82 Å². The van der Waals surface area contributed by atoms with Crippen molar-refractivity contribution in [1.82, 2.24) is 15.1 Å². The van der Waals surface area contributed by atoms with Crippen LogP contribution in [0.5, 0.6) is 0 Å². The Kier molecular flexibility index (Phi) is 4.97. The van der Waals surface area contributed by atoms with E-state index in [0.29, 0.717) is 11.5 Å². The Labute approximate surface area is 147 Å². The van der Waals surface area contributed by atoms with Crippen molar-refractivity contribution in [2.24, 2.45) is 5.73 Å². The predicted molar refractivity (Wildman–Crippen MR) is 89.4 cm³/mol. The molecule has 0 radical (unpaired) electrons. The first-order valence-electron chi connectivity index (χ1n) is 7.66. The van der Waals surface area contributed by atoms with Gasteiger partial charge in [-0.05, 0) is 30.3 Å². The van der Waals surface area contributed by atoms with E-state index >= 15 is 0 Å². The maximum absolute atomic E-state index is 13.4. The van der Waals surface area contributed by atoms with Gasteiger partial charge in [-0.1, -0.05) is 11.2 Å². The molecule has 0 fully saturated rings. The molecule has 3 N–H and O–H groups in total. The lowest BCUT2D eigenvalue weighted by Crippen LogP contribution is -2.16. The summed E-state index contributed by atoms with van der Waals surface area (Å²) in [5.41, 5.74) is 5.62. The van der Waals surface area contributed by atoms with Crippen LogP contribution in [-0.2, 0) is 11.2 Å². The number of nitrogens with two attached hydrogens (primary N) is 1. The number of rotatable bonds is 6. The van der Waals surface area contributed by atoms with Gasteiger partial charge in [0.05, 0.1) is 5.56 Å². The van der Waals surface area contributed by atoms with Crippen molar-refractivity contribution < 1.29 is 18.5 Å². The van der Waals surface area contributed by atoms with Crippen LogP contribution in [0.15, 0.2) is 47.1 Å². The fourth-order valence-electron chi connectivity index (χ4n) is 2.19. The smallest absolute Gasteiger partial charge is 0.251 e. The first-order chi connectivity index (χ1) is 12.5. The van der Waals surface area contributed by atoms with Crippen molar-refractivity contribution >= 4 is 17.5 Å². The molecule has 0 unspecified atom stereocenters. The number of aryl methyl sites for hydroxylation is 1. The number of amides is 2. The van der Waals surface area contributed by atoms with Gasteiger partial charge in [0.1, 0.15) is 11.5 Å². The van der Waals surface area contributed by atoms with Crippen LogP contribution in [-0.4, -0.2) is 26.9 Å². The molecule has 2 amide bonds. The van der Waals surface area contributed by atoms with E-state index in [2.05, 4.69) is 20.4 Å². The average molecular weight is 355 g/mol. The van der Waals surface area contributed by atoms with E-state index in [1.165, 1.54) is 12.1 Å². The number of primary amides is 1. The number of anilines is 1. The fourth-order valence-corrected chi connectivity index (χ4v) is 2.19. The minimum absolute atomic E-state index is 0.0626. The first-order valence-corrected chi connectivity index (χ1v) is 7.66. The van der Waals surface area contributed by atoms with Gasteiger partial charge < -0.3 is 15.6 Å². The molecule has 26 heavy (non-hydrogen) atoms. The number of nitrogens with zero attached hydrogens (tertiary/aromatic N) is 3. The standard InChI is InChI=1S/C17H14FN5O3/c18-12-5-4-10(9-11(12)16(19)25)21-14(24)6-7-15-22-17(23-26-15)13-3-1-2-8-20-13/h1-5,8-9H,6-7H2,(H2,19,25)(H,21,24). The zero-order valence-electron chi connectivity index (χ0n) is 13.5. The Morgan fingerprint density at radius 1 is 1.23 bits per heavy atom. The highest BCUT2D eigenvalue weighted by atomic mass is 19.1. The third kappa shape index (κ3) is 4.07. The molecular weight excluding hydrogens is 341 g/mol. The number of carbonyl (C=O) groups is 2. The molecule has 132 valence electrons. The van der Waals surface area contributed by atoms with E-state index in [1.54, 1.807) is 24.4 Å². The number of nitrogens with one attached hydrogen (secondary N) is 1. The second-order valence-corrected chi connectivity index (χ2v) is 5.33. The van der Waals surface area contributed by atoms with Gasteiger partial charge in [0.25, 0.3) is 5.91 Å². The largest absolute Gasteiger partial charge is 0.366 e. The molecule has 0 aliphatic rings. The van der Waals surface area contributed by atoms with Crippen molar-refractivity contribution in [3.05, 3.63) is 59.9 Å². The fraction of sp³-hybridized carbons (Fsp3) is 0.118. The summed E-state index contributed by atoms with van der Waals surface area (Å²) in [7, 11) is 0. The van der Waals surface area contributed by atoms with Crippen LogP contribution in [0.2, 0.25) is 0 Å². The van der Waals surface area contributed by atoms with Gasteiger partial charge in [0, 0.05) is 24.7 Å². The SMILES string of the molecule is NC(=O)c1cc(NC(=O)CCc2nc(-c3ccccn3)no2)ccc1F. The van der Waals surface area contributed by atoms with Crippen molar-refractivity contribution in [3.8, 4) is 11.5 Å². The molecule has 8 nitrogen and oxygen atoms in total. The second kappa shape index (κ2) is 7.51. The molecule has 0 saturated carbocycles. The van der Waals surface area contributed by atoms with E-state index < -0.39 is 11.7 Å². The molecule has 2 aromatic heterocycles. The molecule has 0 atom stereocenters. The summed E-state index contributed by atoms with van der Waals surface area (Å²) >= 11 is 0. The second-order valence-electron chi connectivity index (χ2n) is 5.33. The summed E-state index contributed by atoms with van der Waals surface area (Å²) in [5, 5.41) is 6.37. The van der Waals surface area contributed by atoms with Crippen LogP contribution < -0.4 is 11.1 Å². The molecule has 2 heterocycles. The molecule has 0 bridgehead atoms. The van der Waals surface area contributed by atoms with Gasteiger partial charge in [-0.15, -0.1) is 0 Å². The number of aromatic nitrogens is 3. The van der Waals surface area contributed by atoms with Gasteiger partial charge in [-0.25, -0.2) is 4.39 Å². The summed E-state index contributed by atoms with van der Waals surface area (Å²) in [5.74, 6) is -1.39. The maximum atomic E-state index is 13.4. The van der Waals surface area contributed by atoms with Crippen LogP contribution in [0.25, 0.3) is 11.5 Å². The summed E-state index contributed by atoms with van der Waals surface area (Å²) in [4.78, 5) is 31.4. The summed E-state index contributed by atoms with van der Waals surface area (Å²) in [6, 6.07) is 8.90. The Hall–Kier alpha value is -3.62. The van der Waals surface area contributed by atoms with Crippen LogP contribution in [0.3, 0.4) is 0 Å². The highest BCUT2D eigenvalue weighted by Crippen LogP contribution is 2.16. The molecule has 0 saturated heterocycles. The number of pyridine rings is 1. The highest BCUT2D eigenvalue weighted by Gasteiger charge is 2.13. The maximum Gasteiger partial charge on any atom is 0.251 e. The van der Waals surface area contributed by atoms with Crippen molar-refractivity contribution in [1.29, 1.82) is 0 Å². The number of hydrogen-bond acceptors (Lipinski definition) is 6. The lowest BCUT2D eigenvalue weighted by molar-refractivity contribution is -0.116. The molecule has 0 aliphatic heterocycles. The third-order valence-corrected chi connectivity index (χ3v) is 3.44. The molecule has 0 spiro atoms. The Balaban J connectivity index is 1.59. The number of carbonyl (C=O) groups excluding carboxylic acids is 2. The minimum atomic E-state index is -0.911. The zero-order chi connectivity index (χ0) is 18.5. The quantitative estimate of drug-likeness (QED) is 0.696.